The zero-order valence-electron chi connectivity index (χ0n) is 17.8. The van der Waals surface area contributed by atoms with Gasteiger partial charge in [-0.2, -0.15) is 5.10 Å². The molecule has 0 radical (unpaired) electrons. The fourth-order valence-corrected chi connectivity index (χ4v) is 4.22. The molecule has 0 spiro atoms. The first-order valence-corrected chi connectivity index (χ1v) is 10.4. The molecule has 1 fully saturated rings. The van der Waals surface area contributed by atoms with E-state index in [4.69, 9.17) is 9.47 Å². The van der Waals surface area contributed by atoms with Gasteiger partial charge in [0.25, 0.3) is 0 Å². The zero-order chi connectivity index (χ0) is 21.5. The number of nitrogens with zero attached hydrogens (tertiary/aromatic N) is 4. The van der Waals surface area contributed by atoms with Gasteiger partial charge in [-0.3, -0.25) is 4.68 Å². The molecule has 7 nitrogen and oxygen atoms in total. The molecule has 0 saturated carbocycles. The van der Waals surface area contributed by atoms with Crippen molar-refractivity contribution in [3.63, 3.8) is 0 Å². The van der Waals surface area contributed by atoms with Crippen LogP contribution in [0.2, 0.25) is 0 Å². The molecule has 3 aromatic heterocycles. The van der Waals surface area contributed by atoms with Crippen molar-refractivity contribution in [3.05, 3.63) is 47.9 Å². The van der Waals surface area contributed by atoms with E-state index < -0.39 is 0 Å². The van der Waals surface area contributed by atoms with E-state index in [1.54, 1.807) is 35.4 Å². The summed E-state index contributed by atoms with van der Waals surface area (Å²) in [5.41, 5.74) is 5.28. The monoisotopic (exact) mass is 421 g/mol. The molecule has 1 N–H and O–H groups in total. The summed E-state index contributed by atoms with van der Waals surface area (Å²) < 4.78 is 29.4. The van der Waals surface area contributed by atoms with Crippen molar-refractivity contribution in [1.29, 1.82) is 0 Å². The second-order valence-electron chi connectivity index (χ2n) is 8.00. The average molecular weight is 421 g/mol. The van der Waals surface area contributed by atoms with E-state index in [-0.39, 0.29) is 5.82 Å². The van der Waals surface area contributed by atoms with Gasteiger partial charge in [0, 0.05) is 53.7 Å². The van der Waals surface area contributed by atoms with Gasteiger partial charge in [0.1, 0.15) is 11.6 Å². The molecule has 0 bridgehead atoms. The van der Waals surface area contributed by atoms with Crippen LogP contribution in [0.3, 0.4) is 0 Å². The molecule has 31 heavy (non-hydrogen) atoms. The first-order chi connectivity index (χ1) is 15.0. The summed E-state index contributed by atoms with van der Waals surface area (Å²) in [7, 11) is 1.86. The van der Waals surface area contributed by atoms with Crippen LogP contribution in [0.1, 0.15) is 17.8 Å². The number of ether oxygens (including phenoxy) is 2. The number of imidazole rings is 1. The minimum Gasteiger partial charge on any atom is -0.493 e. The van der Waals surface area contributed by atoms with Crippen LogP contribution >= 0.6 is 0 Å². The maximum absolute atomic E-state index is 16.0. The van der Waals surface area contributed by atoms with Gasteiger partial charge in [0.05, 0.1) is 30.8 Å². The third-order valence-corrected chi connectivity index (χ3v) is 5.95. The second-order valence-corrected chi connectivity index (χ2v) is 8.00. The highest BCUT2D eigenvalue weighted by Crippen LogP contribution is 2.39. The number of aryl methyl sites for hydroxylation is 2. The van der Waals surface area contributed by atoms with Crippen LogP contribution in [0.15, 0.2) is 30.7 Å². The second kappa shape index (κ2) is 7.77. The Morgan fingerprint density at radius 1 is 1.23 bits per heavy atom. The van der Waals surface area contributed by atoms with Crippen LogP contribution in [0.25, 0.3) is 33.4 Å². The first kappa shape index (κ1) is 19.7. The fourth-order valence-electron chi connectivity index (χ4n) is 4.22. The number of halogens is 1. The summed E-state index contributed by atoms with van der Waals surface area (Å²) >= 11 is 0. The predicted octanol–water partition coefficient (Wildman–Crippen LogP) is 4.20. The normalized spacial score (nSPS) is 16.3. The van der Waals surface area contributed by atoms with Crippen LogP contribution in [-0.4, -0.2) is 44.6 Å². The third-order valence-electron chi connectivity index (χ3n) is 5.95. The van der Waals surface area contributed by atoms with Crippen LogP contribution in [0.5, 0.6) is 5.75 Å². The van der Waals surface area contributed by atoms with Gasteiger partial charge >= 0.3 is 0 Å². The number of nitrogens with one attached hydrogen (secondary N) is 1. The highest BCUT2D eigenvalue weighted by molar-refractivity contribution is 5.91. The molecular formula is C23H24FN5O2. The highest BCUT2D eigenvalue weighted by Gasteiger charge is 2.23. The minimum absolute atomic E-state index is 0.321. The number of benzene rings is 1. The zero-order valence-corrected chi connectivity index (χ0v) is 17.8. The van der Waals surface area contributed by atoms with Gasteiger partial charge in [-0.15, -0.1) is 0 Å². The Balaban J connectivity index is 1.67. The van der Waals surface area contributed by atoms with Crippen LogP contribution < -0.4 is 4.74 Å². The number of H-pyrrole nitrogens is 1. The van der Waals surface area contributed by atoms with E-state index in [1.165, 1.54) is 0 Å². The maximum Gasteiger partial charge on any atom is 0.178 e. The summed E-state index contributed by atoms with van der Waals surface area (Å²) in [6, 6.07) is 5.32. The molecule has 1 aliphatic heterocycles. The molecular weight excluding hydrogens is 397 g/mol. The summed E-state index contributed by atoms with van der Waals surface area (Å²) in [5, 5.41) is 4.48. The number of pyridine rings is 1. The number of aromatic nitrogens is 5. The molecule has 1 aromatic carbocycles. The van der Waals surface area contributed by atoms with E-state index in [1.807, 2.05) is 20.9 Å². The van der Waals surface area contributed by atoms with Crippen molar-refractivity contribution >= 4 is 11.2 Å². The van der Waals surface area contributed by atoms with Gasteiger partial charge in [-0.05, 0) is 38.5 Å². The van der Waals surface area contributed by atoms with Gasteiger partial charge in [-0.1, -0.05) is 0 Å². The van der Waals surface area contributed by atoms with E-state index in [2.05, 4.69) is 20.1 Å². The molecule has 8 heteroatoms. The predicted molar refractivity (Wildman–Crippen MR) is 115 cm³/mol. The Kier molecular flexibility index (Phi) is 4.94. The fraction of sp³-hybridized carbons (Fsp3) is 0.348. The number of fused-ring (bicyclic) bond motifs is 1. The van der Waals surface area contributed by atoms with Crippen molar-refractivity contribution in [2.45, 2.75) is 20.3 Å². The quantitative estimate of drug-likeness (QED) is 0.523. The molecule has 4 aromatic rings. The molecule has 5 rings (SSSR count). The van der Waals surface area contributed by atoms with E-state index in [9.17, 15) is 0 Å². The van der Waals surface area contributed by atoms with Gasteiger partial charge in [0.2, 0.25) is 0 Å². The molecule has 1 aliphatic rings. The van der Waals surface area contributed by atoms with Crippen LogP contribution in [0, 0.1) is 25.6 Å². The van der Waals surface area contributed by atoms with Gasteiger partial charge in [-0.25, -0.2) is 14.4 Å². The first-order valence-electron chi connectivity index (χ1n) is 10.4. The van der Waals surface area contributed by atoms with Crippen LogP contribution in [0.4, 0.5) is 4.39 Å². The number of aromatic amines is 1. The van der Waals surface area contributed by atoms with Gasteiger partial charge in [0.15, 0.2) is 5.65 Å². The smallest absolute Gasteiger partial charge is 0.178 e. The minimum atomic E-state index is -0.321. The molecule has 160 valence electrons. The average Bonchev–Trinajstić information content (AvgIpc) is 3.49. The van der Waals surface area contributed by atoms with Gasteiger partial charge < -0.3 is 14.5 Å². The molecule has 1 saturated heterocycles. The number of hydrogen-bond donors (Lipinski definition) is 1. The molecule has 1 unspecified atom stereocenters. The Labute approximate surface area is 179 Å². The Morgan fingerprint density at radius 3 is 2.81 bits per heavy atom. The highest BCUT2D eigenvalue weighted by atomic mass is 19.1. The van der Waals surface area contributed by atoms with E-state index in [0.717, 1.165) is 30.0 Å². The van der Waals surface area contributed by atoms with E-state index in [0.29, 0.717) is 52.7 Å². The Bertz CT molecular complexity index is 1260. The summed E-state index contributed by atoms with van der Waals surface area (Å²) in [5.74, 6) is 0.641. The summed E-state index contributed by atoms with van der Waals surface area (Å²) in [4.78, 5) is 11.5. The third kappa shape index (κ3) is 3.46. The Morgan fingerprint density at radius 2 is 2.06 bits per heavy atom. The largest absolute Gasteiger partial charge is 0.493 e. The van der Waals surface area contributed by atoms with Crippen molar-refractivity contribution in [2.24, 2.45) is 13.0 Å². The standard InChI is InChI=1S/C23H24FN5O2/c1-13-20(14(2)29(3)28-13)19-9-16(31-11-15-5-7-30-10-15)8-18(21(19)24)17-4-6-25-23-22(17)26-12-27-23/h4,6,8-9,12,15H,5,7,10-11H2,1-3H3,(H,25,26,27). The molecule has 1 atom stereocenters. The Hall–Kier alpha value is -3.26. The number of hydrogen-bond acceptors (Lipinski definition) is 5. The lowest BCUT2D eigenvalue weighted by Crippen LogP contribution is -2.12. The molecule has 0 amide bonds. The molecule has 0 aliphatic carbocycles. The van der Waals surface area contributed by atoms with Crippen molar-refractivity contribution in [1.82, 2.24) is 24.7 Å². The number of rotatable bonds is 5. The van der Waals surface area contributed by atoms with Crippen LogP contribution in [-0.2, 0) is 11.8 Å². The van der Waals surface area contributed by atoms with Crippen molar-refractivity contribution < 1.29 is 13.9 Å². The maximum atomic E-state index is 16.0. The van der Waals surface area contributed by atoms with Crippen molar-refractivity contribution in [3.8, 4) is 28.0 Å². The van der Waals surface area contributed by atoms with Crippen molar-refractivity contribution in [2.75, 3.05) is 19.8 Å². The summed E-state index contributed by atoms with van der Waals surface area (Å²) in [6.07, 6.45) is 4.18. The lowest BCUT2D eigenvalue weighted by atomic mass is 9.96. The topological polar surface area (TPSA) is 77.8 Å². The lowest BCUT2D eigenvalue weighted by molar-refractivity contribution is 0.167. The lowest BCUT2D eigenvalue weighted by Gasteiger charge is -2.16. The van der Waals surface area contributed by atoms with E-state index >= 15 is 4.39 Å². The SMILES string of the molecule is Cc1nn(C)c(C)c1-c1cc(OCC2CCOC2)cc(-c2ccnc3nc[nH]c23)c1F. The summed E-state index contributed by atoms with van der Waals surface area (Å²) in [6.45, 7) is 5.82. The molecule has 4 heterocycles.